The van der Waals surface area contributed by atoms with Gasteiger partial charge in [-0.3, -0.25) is 4.79 Å². The fourth-order valence-electron chi connectivity index (χ4n) is 3.67. The summed E-state index contributed by atoms with van der Waals surface area (Å²) in [5, 5.41) is 12.7. The Morgan fingerprint density at radius 1 is 1.17 bits per heavy atom. The third kappa shape index (κ3) is 6.34. The van der Waals surface area contributed by atoms with E-state index in [1.165, 1.54) is 27.8 Å². The molecule has 0 radical (unpaired) electrons. The van der Waals surface area contributed by atoms with Gasteiger partial charge in [-0.1, -0.05) is 35.4 Å². The van der Waals surface area contributed by atoms with Crippen LogP contribution in [-0.2, 0) is 17.6 Å². The zero-order valence-corrected chi connectivity index (χ0v) is 17.6. The third-order valence-electron chi connectivity index (χ3n) is 5.35. The molecule has 0 aromatic heterocycles. The van der Waals surface area contributed by atoms with Gasteiger partial charge < -0.3 is 15.2 Å². The summed E-state index contributed by atoms with van der Waals surface area (Å²) < 4.78 is 5.97. The Bertz CT molecular complexity index is 874. The normalized spacial score (nSPS) is 13.3. The molecule has 0 atom stereocenters. The molecule has 1 aliphatic carbocycles. The Morgan fingerprint density at radius 3 is 2.72 bits per heavy atom. The van der Waals surface area contributed by atoms with Crippen LogP contribution in [0.4, 0.5) is 0 Å². The first-order chi connectivity index (χ1) is 14.0. The molecule has 0 heterocycles. The molecule has 0 saturated heterocycles. The Morgan fingerprint density at radius 2 is 1.97 bits per heavy atom. The number of carbonyl (C=O) groups is 1. The maximum Gasteiger partial charge on any atom is 0.304 e. The average molecular weight is 414 g/mol. The van der Waals surface area contributed by atoms with E-state index in [-0.39, 0.29) is 6.42 Å². The van der Waals surface area contributed by atoms with E-state index in [9.17, 15) is 4.79 Å². The molecule has 0 fully saturated rings. The largest absolute Gasteiger partial charge is 0.494 e. The number of aliphatic carboxylic acids is 1. The number of aryl methyl sites for hydroxylation is 2. The molecule has 0 bridgehead atoms. The SMILES string of the molecule is CC1=C(CNCCC(=O)O)CCc2cc(OCCCc3ccc(Cl)cc3)ccc21. The summed E-state index contributed by atoms with van der Waals surface area (Å²) in [7, 11) is 0. The molecule has 154 valence electrons. The minimum atomic E-state index is -0.766. The molecular formula is C24H28ClNO3. The van der Waals surface area contributed by atoms with Gasteiger partial charge in [-0.05, 0) is 79.1 Å². The lowest BCUT2D eigenvalue weighted by Gasteiger charge is -2.22. The van der Waals surface area contributed by atoms with E-state index in [1.54, 1.807) is 0 Å². The molecule has 2 N–H and O–H groups in total. The summed E-state index contributed by atoms with van der Waals surface area (Å²) in [6, 6.07) is 14.3. The van der Waals surface area contributed by atoms with Crippen LogP contribution in [0.5, 0.6) is 5.75 Å². The van der Waals surface area contributed by atoms with Crippen LogP contribution in [0, 0.1) is 0 Å². The molecule has 0 unspecified atom stereocenters. The van der Waals surface area contributed by atoms with E-state index >= 15 is 0 Å². The number of allylic oxidation sites excluding steroid dienone is 1. The van der Waals surface area contributed by atoms with Gasteiger partial charge in [0.1, 0.15) is 5.75 Å². The highest BCUT2D eigenvalue weighted by Crippen LogP contribution is 2.33. The molecule has 29 heavy (non-hydrogen) atoms. The smallest absolute Gasteiger partial charge is 0.304 e. The highest BCUT2D eigenvalue weighted by Gasteiger charge is 2.16. The second-order valence-electron chi connectivity index (χ2n) is 7.45. The molecule has 2 aromatic rings. The van der Waals surface area contributed by atoms with Crippen molar-refractivity contribution in [2.45, 2.75) is 39.0 Å². The lowest BCUT2D eigenvalue weighted by atomic mass is 9.86. The van der Waals surface area contributed by atoms with E-state index < -0.39 is 5.97 Å². The number of nitrogens with one attached hydrogen (secondary N) is 1. The molecule has 0 aliphatic heterocycles. The lowest BCUT2D eigenvalue weighted by Crippen LogP contribution is -2.22. The van der Waals surface area contributed by atoms with E-state index in [4.69, 9.17) is 21.4 Å². The number of carboxylic acids is 1. The maximum absolute atomic E-state index is 10.6. The van der Waals surface area contributed by atoms with Crippen LogP contribution in [-0.4, -0.2) is 30.8 Å². The van der Waals surface area contributed by atoms with Crippen LogP contribution in [0.2, 0.25) is 5.02 Å². The summed E-state index contributed by atoms with van der Waals surface area (Å²) in [6.45, 7) is 4.09. The first-order valence-electron chi connectivity index (χ1n) is 10.1. The van der Waals surface area contributed by atoms with E-state index in [0.29, 0.717) is 13.2 Å². The van der Waals surface area contributed by atoms with Crippen LogP contribution >= 0.6 is 11.6 Å². The number of halogens is 1. The first kappa shape index (κ1) is 21.4. The number of hydrogen-bond donors (Lipinski definition) is 2. The number of hydrogen-bond acceptors (Lipinski definition) is 3. The Hall–Kier alpha value is -2.30. The summed E-state index contributed by atoms with van der Waals surface area (Å²) in [5.41, 5.74) is 6.53. The molecular weight excluding hydrogens is 386 g/mol. The van der Waals surface area contributed by atoms with E-state index in [1.807, 2.05) is 18.2 Å². The van der Waals surface area contributed by atoms with Gasteiger partial charge in [0.05, 0.1) is 13.0 Å². The van der Waals surface area contributed by atoms with Crippen molar-refractivity contribution in [2.24, 2.45) is 0 Å². The standard InChI is InChI=1S/C24H28ClNO3/c1-17-20(16-26-13-12-24(27)28)7-6-19-15-22(10-11-23(17)19)29-14-2-3-18-4-8-21(25)9-5-18/h4-5,8-11,15,26H,2-3,6-7,12-14,16H2,1H3,(H,27,28). The van der Waals surface area contributed by atoms with E-state index in [2.05, 4.69) is 36.5 Å². The van der Waals surface area contributed by atoms with Crippen LogP contribution in [0.3, 0.4) is 0 Å². The summed E-state index contributed by atoms with van der Waals surface area (Å²) >= 11 is 5.92. The predicted octanol–water partition coefficient (Wildman–Crippen LogP) is 5.14. The zero-order valence-electron chi connectivity index (χ0n) is 16.8. The van der Waals surface area contributed by atoms with Gasteiger partial charge in [0.25, 0.3) is 0 Å². The maximum atomic E-state index is 10.6. The van der Waals surface area contributed by atoms with Gasteiger partial charge in [-0.25, -0.2) is 0 Å². The summed E-state index contributed by atoms with van der Waals surface area (Å²) in [5.74, 6) is 0.161. The highest BCUT2D eigenvalue weighted by atomic mass is 35.5. The number of ether oxygens (including phenoxy) is 1. The molecule has 0 spiro atoms. The van der Waals surface area contributed by atoms with Gasteiger partial charge >= 0.3 is 5.97 Å². The van der Waals surface area contributed by atoms with Crippen LogP contribution in [0.15, 0.2) is 48.0 Å². The fraction of sp³-hybridized carbons (Fsp3) is 0.375. The monoisotopic (exact) mass is 413 g/mol. The van der Waals surface area contributed by atoms with Gasteiger partial charge in [0.15, 0.2) is 0 Å². The predicted molar refractivity (Wildman–Crippen MR) is 118 cm³/mol. The summed E-state index contributed by atoms with van der Waals surface area (Å²) in [4.78, 5) is 10.6. The van der Waals surface area contributed by atoms with Crippen molar-refractivity contribution in [3.05, 3.63) is 69.8 Å². The minimum Gasteiger partial charge on any atom is -0.494 e. The van der Waals surface area contributed by atoms with Crippen LogP contribution in [0.25, 0.3) is 5.57 Å². The summed E-state index contributed by atoms with van der Waals surface area (Å²) in [6.07, 6.45) is 4.08. The zero-order chi connectivity index (χ0) is 20.6. The molecule has 0 saturated carbocycles. The molecule has 2 aromatic carbocycles. The van der Waals surface area contributed by atoms with Crippen molar-refractivity contribution >= 4 is 23.1 Å². The highest BCUT2D eigenvalue weighted by molar-refractivity contribution is 6.30. The lowest BCUT2D eigenvalue weighted by molar-refractivity contribution is -0.136. The van der Waals surface area contributed by atoms with Crippen LogP contribution in [0.1, 0.15) is 42.9 Å². The van der Waals surface area contributed by atoms with Gasteiger partial charge in [-0.2, -0.15) is 0 Å². The van der Waals surface area contributed by atoms with Crippen molar-refractivity contribution in [1.29, 1.82) is 0 Å². The van der Waals surface area contributed by atoms with Crippen molar-refractivity contribution in [2.75, 3.05) is 19.7 Å². The van der Waals surface area contributed by atoms with Crippen molar-refractivity contribution < 1.29 is 14.6 Å². The van der Waals surface area contributed by atoms with Crippen molar-refractivity contribution in [3.63, 3.8) is 0 Å². The fourth-order valence-corrected chi connectivity index (χ4v) is 3.79. The molecule has 0 amide bonds. The minimum absolute atomic E-state index is 0.154. The van der Waals surface area contributed by atoms with Gasteiger partial charge in [-0.15, -0.1) is 0 Å². The number of fused-ring (bicyclic) bond motifs is 1. The molecule has 5 heteroatoms. The average Bonchev–Trinajstić information content (AvgIpc) is 2.71. The topological polar surface area (TPSA) is 58.6 Å². The van der Waals surface area contributed by atoms with Gasteiger partial charge in [0, 0.05) is 18.1 Å². The second-order valence-corrected chi connectivity index (χ2v) is 7.88. The molecule has 4 nitrogen and oxygen atoms in total. The first-order valence-corrected chi connectivity index (χ1v) is 10.5. The number of benzene rings is 2. The number of rotatable bonds is 10. The molecule has 1 aliphatic rings. The second kappa shape index (κ2) is 10.5. The third-order valence-corrected chi connectivity index (χ3v) is 5.60. The van der Waals surface area contributed by atoms with Crippen LogP contribution < -0.4 is 10.1 Å². The Balaban J connectivity index is 1.50. The van der Waals surface area contributed by atoms with E-state index in [0.717, 1.165) is 43.0 Å². The van der Waals surface area contributed by atoms with Crippen molar-refractivity contribution in [3.8, 4) is 5.75 Å². The van der Waals surface area contributed by atoms with Crippen molar-refractivity contribution in [1.82, 2.24) is 5.32 Å². The Labute approximate surface area is 177 Å². The Kier molecular flexibility index (Phi) is 7.73. The van der Waals surface area contributed by atoms with Gasteiger partial charge in [0.2, 0.25) is 0 Å². The number of carboxylic acid groups (broad SMARTS) is 1. The molecule has 3 rings (SSSR count). The quantitative estimate of drug-likeness (QED) is 0.530.